The van der Waals surface area contributed by atoms with Crippen LogP contribution in [0.2, 0.25) is 0 Å². The number of rotatable bonds is 5. The molecule has 0 spiro atoms. The van der Waals surface area contributed by atoms with Gasteiger partial charge in [-0.05, 0) is 45.4 Å². The Morgan fingerprint density at radius 1 is 1.42 bits per heavy atom. The highest BCUT2D eigenvalue weighted by Crippen LogP contribution is 2.18. The van der Waals surface area contributed by atoms with Crippen molar-refractivity contribution in [1.82, 2.24) is 5.32 Å². The Balaban J connectivity index is 2.61. The monoisotopic (exact) mass is 270 g/mol. The Bertz CT molecular complexity index is 455. The van der Waals surface area contributed by atoms with Crippen LogP contribution in [0.15, 0.2) is 18.2 Å². The van der Waals surface area contributed by atoms with E-state index in [9.17, 15) is 13.6 Å². The Hall–Kier alpha value is -1.49. The van der Waals surface area contributed by atoms with Gasteiger partial charge in [-0.2, -0.15) is 0 Å². The van der Waals surface area contributed by atoms with Gasteiger partial charge in [-0.1, -0.05) is 0 Å². The van der Waals surface area contributed by atoms with E-state index in [0.29, 0.717) is 6.42 Å². The maximum atomic E-state index is 13.5. The molecule has 1 amide bonds. The molecule has 0 radical (unpaired) electrons. The summed E-state index contributed by atoms with van der Waals surface area (Å²) in [5.41, 5.74) is 5.49. The fraction of sp³-hybridized carbons (Fsp3) is 0.500. The number of nitrogens with two attached hydrogens (primary N) is 1. The van der Waals surface area contributed by atoms with Crippen LogP contribution in [0, 0.1) is 11.6 Å². The van der Waals surface area contributed by atoms with Crippen LogP contribution in [0.25, 0.3) is 0 Å². The van der Waals surface area contributed by atoms with E-state index in [2.05, 4.69) is 5.32 Å². The lowest BCUT2D eigenvalue weighted by Gasteiger charge is -2.19. The number of carbonyl (C=O) groups is 1. The van der Waals surface area contributed by atoms with E-state index >= 15 is 0 Å². The summed E-state index contributed by atoms with van der Waals surface area (Å²) < 4.78 is 26.6. The van der Waals surface area contributed by atoms with Crippen molar-refractivity contribution in [3.8, 4) is 0 Å². The average molecular weight is 270 g/mol. The standard InChI is InChI=1S/C14H20F2N2O/c1-9(11-8-10(15)4-5-12(11)16)18-13(19)6-7-14(2,3)17/h4-5,8-9H,6-7,17H2,1-3H3,(H,18,19). The first-order valence-electron chi connectivity index (χ1n) is 6.22. The highest BCUT2D eigenvalue weighted by molar-refractivity contribution is 5.76. The number of halogens is 2. The summed E-state index contributed by atoms with van der Waals surface area (Å²) in [6.07, 6.45) is 0.780. The number of nitrogens with one attached hydrogen (secondary N) is 1. The molecule has 106 valence electrons. The summed E-state index contributed by atoms with van der Waals surface area (Å²) in [5, 5.41) is 2.64. The summed E-state index contributed by atoms with van der Waals surface area (Å²) in [4.78, 5) is 11.7. The van der Waals surface area contributed by atoms with Crippen LogP contribution < -0.4 is 11.1 Å². The number of carbonyl (C=O) groups excluding carboxylic acids is 1. The predicted molar refractivity (Wildman–Crippen MR) is 70.4 cm³/mol. The van der Waals surface area contributed by atoms with Crippen molar-refractivity contribution in [1.29, 1.82) is 0 Å². The Morgan fingerprint density at radius 2 is 2.05 bits per heavy atom. The van der Waals surface area contributed by atoms with Gasteiger partial charge in [-0.3, -0.25) is 4.79 Å². The van der Waals surface area contributed by atoms with Crippen molar-refractivity contribution in [3.63, 3.8) is 0 Å². The Labute approximate surface area is 112 Å². The molecule has 3 N–H and O–H groups in total. The maximum Gasteiger partial charge on any atom is 0.220 e. The second-order valence-electron chi connectivity index (χ2n) is 5.44. The second kappa shape index (κ2) is 6.10. The van der Waals surface area contributed by atoms with Crippen molar-refractivity contribution >= 4 is 5.91 Å². The van der Waals surface area contributed by atoms with Gasteiger partial charge in [0.25, 0.3) is 0 Å². The lowest BCUT2D eigenvalue weighted by molar-refractivity contribution is -0.122. The highest BCUT2D eigenvalue weighted by Gasteiger charge is 2.17. The Morgan fingerprint density at radius 3 is 2.63 bits per heavy atom. The topological polar surface area (TPSA) is 55.1 Å². The fourth-order valence-electron chi connectivity index (χ4n) is 1.67. The first-order valence-corrected chi connectivity index (χ1v) is 6.22. The number of benzene rings is 1. The summed E-state index contributed by atoms with van der Waals surface area (Å²) in [6.45, 7) is 5.27. The van der Waals surface area contributed by atoms with E-state index in [0.717, 1.165) is 18.2 Å². The molecule has 19 heavy (non-hydrogen) atoms. The third-order valence-corrected chi connectivity index (χ3v) is 2.80. The van der Waals surface area contributed by atoms with Gasteiger partial charge >= 0.3 is 0 Å². The van der Waals surface area contributed by atoms with Gasteiger partial charge in [0.05, 0.1) is 6.04 Å². The largest absolute Gasteiger partial charge is 0.349 e. The lowest BCUT2D eigenvalue weighted by atomic mass is 9.99. The van der Waals surface area contributed by atoms with Crippen molar-refractivity contribution in [2.75, 3.05) is 0 Å². The lowest BCUT2D eigenvalue weighted by Crippen LogP contribution is -2.35. The van der Waals surface area contributed by atoms with E-state index in [-0.39, 0.29) is 17.9 Å². The number of hydrogen-bond acceptors (Lipinski definition) is 2. The third kappa shape index (κ3) is 5.34. The molecule has 0 aliphatic rings. The molecular formula is C14H20F2N2O. The van der Waals surface area contributed by atoms with Gasteiger partial charge in [-0.25, -0.2) is 8.78 Å². The molecule has 0 fully saturated rings. The molecule has 1 unspecified atom stereocenters. The van der Waals surface area contributed by atoms with Crippen LogP contribution in [0.4, 0.5) is 8.78 Å². The molecule has 0 bridgehead atoms. The maximum absolute atomic E-state index is 13.5. The SMILES string of the molecule is CC(NC(=O)CCC(C)(C)N)c1cc(F)ccc1F. The molecule has 0 heterocycles. The molecular weight excluding hydrogens is 250 g/mol. The van der Waals surface area contributed by atoms with E-state index in [1.54, 1.807) is 6.92 Å². The summed E-state index contributed by atoms with van der Waals surface area (Å²) in [6, 6.07) is 2.61. The van der Waals surface area contributed by atoms with E-state index in [1.165, 1.54) is 0 Å². The molecule has 1 aromatic rings. The van der Waals surface area contributed by atoms with E-state index < -0.39 is 23.2 Å². The molecule has 0 saturated heterocycles. The number of amides is 1. The quantitative estimate of drug-likeness (QED) is 0.864. The van der Waals surface area contributed by atoms with Crippen molar-refractivity contribution in [2.45, 2.75) is 45.2 Å². The Kier molecular flexibility index (Phi) is 5.00. The second-order valence-corrected chi connectivity index (χ2v) is 5.44. The molecule has 1 rings (SSSR count). The van der Waals surface area contributed by atoms with Gasteiger partial charge in [0.15, 0.2) is 0 Å². The smallest absolute Gasteiger partial charge is 0.220 e. The first-order chi connectivity index (χ1) is 8.69. The van der Waals surface area contributed by atoms with Crippen molar-refractivity contribution in [3.05, 3.63) is 35.4 Å². The number of hydrogen-bond donors (Lipinski definition) is 2. The summed E-state index contributed by atoms with van der Waals surface area (Å²) >= 11 is 0. The first kappa shape index (κ1) is 15.6. The molecule has 0 saturated carbocycles. The van der Waals surface area contributed by atoms with Gasteiger partial charge in [0.2, 0.25) is 5.91 Å². The van der Waals surface area contributed by atoms with Crippen LogP contribution >= 0.6 is 0 Å². The van der Waals surface area contributed by atoms with Crippen LogP contribution in [0.1, 0.15) is 45.2 Å². The highest BCUT2D eigenvalue weighted by atomic mass is 19.1. The van der Waals surface area contributed by atoms with Crippen LogP contribution in [-0.4, -0.2) is 11.4 Å². The molecule has 3 nitrogen and oxygen atoms in total. The molecule has 1 aromatic carbocycles. The minimum absolute atomic E-state index is 0.139. The van der Waals surface area contributed by atoms with Crippen LogP contribution in [0.5, 0.6) is 0 Å². The van der Waals surface area contributed by atoms with Crippen molar-refractivity contribution < 1.29 is 13.6 Å². The zero-order valence-electron chi connectivity index (χ0n) is 11.5. The molecule has 0 aromatic heterocycles. The zero-order chi connectivity index (χ0) is 14.6. The van der Waals surface area contributed by atoms with Gasteiger partial charge in [0.1, 0.15) is 11.6 Å². The van der Waals surface area contributed by atoms with Crippen LogP contribution in [0.3, 0.4) is 0 Å². The van der Waals surface area contributed by atoms with Gasteiger partial charge in [0, 0.05) is 17.5 Å². The summed E-state index contributed by atoms with van der Waals surface area (Å²) in [7, 11) is 0. The van der Waals surface area contributed by atoms with Gasteiger partial charge < -0.3 is 11.1 Å². The molecule has 5 heteroatoms. The van der Waals surface area contributed by atoms with Crippen molar-refractivity contribution in [2.24, 2.45) is 5.73 Å². The predicted octanol–water partition coefficient (Wildman–Crippen LogP) is 2.66. The normalized spacial score (nSPS) is 13.2. The minimum atomic E-state index is -0.580. The minimum Gasteiger partial charge on any atom is -0.349 e. The fourth-order valence-corrected chi connectivity index (χ4v) is 1.67. The summed E-state index contributed by atoms with van der Waals surface area (Å²) in [5.74, 6) is -1.29. The third-order valence-electron chi connectivity index (χ3n) is 2.80. The van der Waals surface area contributed by atoms with Gasteiger partial charge in [-0.15, -0.1) is 0 Å². The van der Waals surface area contributed by atoms with Crippen LogP contribution in [-0.2, 0) is 4.79 Å². The van der Waals surface area contributed by atoms with E-state index in [1.807, 2.05) is 13.8 Å². The van der Waals surface area contributed by atoms with E-state index in [4.69, 9.17) is 5.73 Å². The molecule has 0 aliphatic heterocycles. The molecule has 1 atom stereocenters. The zero-order valence-corrected chi connectivity index (χ0v) is 11.5. The average Bonchev–Trinajstić information content (AvgIpc) is 2.28. The molecule has 0 aliphatic carbocycles.